The van der Waals surface area contributed by atoms with E-state index < -0.39 is 36.6 Å². The van der Waals surface area contributed by atoms with Gasteiger partial charge in [0.05, 0.1) is 29.5 Å². The molecular weight excluding hydrogens is 717 g/mol. The lowest BCUT2D eigenvalue weighted by Crippen LogP contribution is -2.48. The number of nitrogens with two attached hydrogens (primary N) is 2. The maximum Gasteiger partial charge on any atom is 0.223 e. The number of hydrogen-bond acceptors (Lipinski definition) is 15. The molecule has 270 valence electrons. The number of nitrogens with zero attached hydrogens (tertiary/aromatic N) is 4. The molecule has 2 aromatic rings. The maximum absolute atomic E-state index is 10.6. The van der Waals surface area contributed by atoms with Crippen molar-refractivity contribution in [1.82, 2.24) is 25.6 Å². The first kappa shape index (κ1) is 37.2. The summed E-state index contributed by atoms with van der Waals surface area (Å²) in [6.45, 7) is 1.62. The fraction of sp³-hybridized carbons (Fsp3) is 0.471. The van der Waals surface area contributed by atoms with Crippen molar-refractivity contribution in [2.24, 2.45) is 22.6 Å². The molecule has 0 saturated heterocycles. The van der Waals surface area contributed by atoms with E-state index in [1.54, 1.807) is 6.20 Å². The molecule has 6 rings (SSSR count). The molecule has 2 aliphatic heterocycles. The average molecular weight is 757 g/mol. The van der Waals surface area contributed by atoms with Gasteiger partial charge in [-0.05, 0) is 55.7 Å². The van der Waals surface area contributed by atoms with E-state index in [0.29, 0.717) is 36.2 Å². The second kappa shape index (κ2) is 16.4. The molecule has 10 atom stereocenters. The number of aromatic nitrogens is 3. The number of nitrogens with one attached hydrogen (secondary N) is 3. The summed E-state index contributed by atoms with van der Waals surface area (Å²) < 4.78 is 6.66. The Bertz CT molecular complexity index is 1830. The van der Waals surface area contributed by atoms with E-state index in [-0.39, 0.29) is 64.2 Å². The predicted octanol–water partition coefficient (Wildman–Crippen LogP) is 0.771. The van der Waals surface area contributed by atoms with Crippen molar-refractivity contribution in [1.29, 1.82) is 0 Å². The molecule has 51 heavy (non-hydrogen) atoms. The Kier molecular flexibility index (Phi) is 11.9. The zero-order chi connectivity index (χ0) is 36.2. The quantitative estimate of drug-likeness (QED) is 0.108. The van der Waals surface area contributed by atoms with E-state index in [1.807, 2.05) is 30.5 Å². The molecule has 11 N–H and O–H groups in total. The summed E-state index contributed by atoms with van der Waals surface area (Å²) in [5.74, 6) is 12.5. The first-order valence-corrected chi connectivity index (χ1v) is 18.1. The predicted molar refractivity (Wildman–Crippen MR) is 196 cm³/mol. The number of halogens is 2. The van der Waals surface area contributed by atoms with Crippen LogP contribution in [0.25, 0.3) is 0 Å². The standard InChI is InChI=1S/C34H39Cl2N9O5S/c1-16-2-3-17(13-39-16)4-5-20-29(35)42-33(37)44-31(20)40-22-10-18(14-46)11-25(22)50-24-8-9-51-26(24)7-6-21-30(36)43-34(38)45-32(21)41-23-12-19(15-47)27(48)28(23)49/h2-3,8-9,13,18-19,22-28,33,42,46-49H,10-12,14-15,37H2,1H3,(H,40,44)(H3,38,41,43,45)/t18-,19+,22+,23+,24?,25+,26?,27+,28-,33?/m0/s1. The van der Waals surface area contributed by atoms with Gasteiger partial charge in [0.2, 0.25) is 5.95 Å². The van der Waals surface area contributed by atoms with Crippen LogP contribution in [0.2, 0.25) is 5.15 Å². The lowest BCUT2D eigenvalue weighted by Gasteiger charge is -2.29. The summed E-state index contributed by atoms with van der Waals surface area (Å²) >= 11 is 14.5. The Balaban J connectivity index is 1.19. The van der Waals surface area contributed by atoms with Crippen LogP contribution >= 0.6 is 35.0 Å². The minimum Gasteiger partial charge on any atom is -0.396 e. The molecule has 4 heterocycles. The number of nitrogen functional groups attached to an aromatic ring is 1. The smallest absolute Gasteiger partial charge is 0.223 e. The van der Waals surface area contributed by atoms with Gasteiger partial charge in [0.25, 0.3) is 0 Å². The molecule has 2 fully saturated rings. The van der Waals surface area contributed by atoms with Crippen LogP contribution in [0, 0.1) is 42.4 Å². The third-order valence-corrected chi connectivity index (χ3v) is 10.7. The van der Waals surface area contributed by atoms with Gasteiger partial charge in [-0.15, -0.1) is 11.8 Å². The van der Waals surface area contributed by atoms with Crippen molar-refractivity contribution >= 4 is 52.6 Å². The van der Waals surface area contributed by atoms with Gasteiger partial charge < -0.3 is 46.8 Å². The van der Waals surface area contributed by atoms with Crippen LogP contribution in [0.3, 0.4) is 0 Å². The van der Waals surface area contributed by atoms with Crippen molar-refractivity contribution < 1.29 is 25.2 Å². The molecule has 2 aliphatic carbocycles. The number of anilines is 2. The highest BCUT2D eigenvalue weighted by atomic mass is 35.5. The zero-order valence-electron chi connectivity index (χ0n) is 27.5. The fourth-order valence-corrected chi connectivity index (χ4v) is 7.75. The Labute approximate surface area is 309 Å². The molecule has 2 aromatic heterocycles. The number of pyridine rings is 1. The third kappa shape index (κ3) is 8.72. The van der Waals surface area contributed by atoms with Gasteiger partial charge in [0.1, 0.15) is 40.2 Å². The number of amidine groups is 1. The number of aliphatic hydroxyl groups is 4. The van der Waals surface area contributed by atoms with Gasteiger partial charge in [-0.2, -0.15) is 9.97 Å². The molecule has 0 bridgehead atoms. The average Bonchev–Trinajstić information content (AvgIpc) is 3.78. The second-order valence-corrected chi connectivity index (χ2v) is 14.6. The Morgan fingerprint density at radius 3 is 2.59 bits per heavy atom. The van der Waals surface area contributed by atoms with Gasteiger partial charge in [0, 0.05) is 36.6 Å². The molecule has 0 spiro atoms. The van der Waals surface area contributed by atoms with Crippen LogP contribution in [-0.4, -0.2) is 102 Å². The van der Waals surface area contributed by atoms with E-state index in [4.69, 9.17) is 39.4 Å². The molecule has 0 radical (unpaired) electrons. The number of rotatable bonds is 7. The third-order valence-electron chi connectivity index (χ3n) is 9.13. The van der Waals surface area contributed by atoms with Gasteiger partial charge in [0.15, 0.2) is 11.4 Å². The molecule has 0 amide bonds. The molecule has 2 saturated carbocycles. The van der Waals surface area contributed by atoms with Crippen molar-refractivity contribution in [2.75, 3.05) is 24.3 Å². The number of thioether (sulfide) groups is 1. The van der Waals surface area contributed by atoms with E-state index in [2.05, 4.69) is 59.6 Å². The van der Waals surface area contributed by atoms with Crippen LogP contribution in [0.5, 0.6) is 0 Å². The number of ether oxygens (including phenoxy) is 1. The molecular formula is C34H39Cl2N9O5S. The van der Waals surface area contributed by atoms with Gasteiger partial charge in [-0.3, -0.25) is 10.7 Å². The van der Waals surface area contributed by atoms with Crippen molar-refractivity contribution in [3.8, 4) is 23.7 Å². The summed E-state index contributed by atoms with van der Waals surface area (Å²) in [4.78, 5) is 17.2. The highest BCUT2D eigenvalue weighted by Crippen LogP contribution is 2.35. The number of hydrogen-bond donors (Lipinski definition) is 9. The van der Waals surface area contributed by atoms with E-state index >= 15 is 0 Å². The summed E-state index contributed by atoms with van der Waals surface area (Å²) in [6, 6.07) is 2.87. The van der Waals surface area contributed by atoms with Crippen molar-refractivity contribution in [3.05, 3.63) is 62.5 Å². The van der Waals surface area contributed by atoms with E-state index in [9.17, 15) is 20.4 Å². The number of aryl methyl sites for hydroxylation is 1. The lowest BCUT2D eigenvalue weighted by molar-refractivity contribution is 0.00445. The largest absolute Gasteiger partial charge is 0.396 e. The highest BCUT2D eigenvalue weighted by Gasteiger charge is 2.42. The zero-order valence-corrected chi connectivity index (χ0v) is 29.8. The van der Waals surface area contributed by atoms with Gasteiger partial charge in [-0.25, -0.2) is 4.99 Å². The van der Waals surface area contributed by atoms with Gasteiger partial charge in [-0.1, -0.05) is 46.9 Å². The Hall–Kier alpha value is -3.61. The van der Waals surface area contributed by atoms with Crippen LogP contribution in [0.4, 0.5) is 11.8 Å². The minimum atomic E-state index is -1.15. The molecule has 3 unspecified atom stereocenters. The molecule has 17 heteroatoms. The van der Waals surface area contributed by atoms with Crippen molar-refractivity contribution in [2.45, 2.75) is 74.2 Å². The number of aliphatic hydroxyl groups excluding tert-OH is 4. The van der Waals surface area contributed by atoms with E-state index in [0.717, 1.165) is 5.69 Å². The van der Waals surface area contributed by atoms with E-state index in [1.165, 1.54) is 11.8 Å². The SMILES string of the molecule is Cc1ccc(C#CC2=C(Cl)NC(N)N=C2N[C@@H]2C[C@H](CO)C[C@H]2OC2C=CSC2C#Cc2c(Cl)nc(N)nc2N[C@@H]2C[C@H](CO)[C@@H](O)[C@H]2O)cn1. The first-order valence-electron chi connectivity index (χ1n) is 16.4. The molecule has 14 nitrogen and oxygen atoms in total. The molecule has 4 aliphatic rings. The Morgan fingerprint density at radius 1 is 1.04 bits per heavy atom. The topological polar surface area (TPSA) is 229 Å². The van der Waals surface area contributed by atoms with Crippen LogP contribution in [0.1, 0.15) is 36.1 Å². The Morgan fingerprint density at radius 2 is 1.86 bits per heavy atom. The number of aliphatic imine (C=N–C) groups is 1. The summed E-state index contributed by atoms with van der Waals surface area (Å²) in [5, 5.41) is 51.9. The fourth-order valence-electron chi connectivity index (χ4n) is 6.42. The summed E-state index contributed by atoms with van der Waals surface area (Å²) in [5.41, 5.74) is 14.3. The van der Waals surface area contributed by atoms with Crippen LogP contribution in [0.15, 0.2) is 45.5 Å². The highest BCUT2D eigenvalue weighted by molar-refractivity contribution is 8.03. The van der Waals surface area contributed by atoms with Crippen LogP contribution in [-0.2, 0) is 4.74 Å². The lowest BCUT2D eigenvalue weighted by atomic mass is 10.1. The van der Waals surface area contributed by atoms with Gasteiger partial charge >= 0.3 is 0 Å². The summed E-state index contributed by atoms with van der Waals surface area (Å²) in [6.07, 6.45) is 1.33. The normalized spacial score (nSPS) is 31.3. The first-order chi connectivity index (χ1) is 24.5. The monoisotopic (exact) mass is 755 g/mol. The summed E-state index contributed by atoms with van der Waals surface area (Å²) in [7, 11) is 0. The van der Waals surface area contributed by atoms with Crippen molar-refractivity contribution in [3.63, 3.8) is 0 Å². The second-order valence-electron chi connectivity index (χ2n) is 12.8. The maximum atomic E-state index is 10.6. The molecule has 0 aromatic carbocycles. The minimum absolute atomic E-state index is 0.00899. The van der Waals surface area contributed by atoms with Crippen LogP contribution < -0.4 is 27.4 Å².